The first-order valence-corrected chi connectivity index (χ1v) is 10.9. The normalized spacial score (nSPS) is 16.2. The third kappa shape index (κ3) is 8.15. The van der Waals surface area contributed by atoms with Gasteiger partial charge in [-0.25, -0.2) is 0 Å². The maximum Gasteiger partial charge on any atom is 0.264 e. The van der Waals surface area contributed by atoms with Crippen molar-refractivity contribution in [2.75, 3.05) is 19.5 Å². The summed E-state index contributed by atoms with van der Waals surface area (Å²) in [5, 5.41) is 0. The summed E-state index contributed by atoms with van der Waals surface area (Å²) in [6.45, 7) is 1.02. The highest BCUT2D eigenvalue weighted by atomic mass is 32.2. The molecule has 2 rings (SSSR count). The van der Waals surface area contributed by atoms with E-state index in [0.29, 0.717) is 6.42 Å². The molecule has 0 unspecified atom stereocenters. The molecule has 1 fully saturated rings. The molecule has 24 heavy (non-hydrogen) atoms. The quantitative estimate of drug-likeness (QED) is 0.463. The van der Waals surface area contributed by atoms with E-state index in [-0.39, 0.29) is 6.61 Å². The van der Waals surface area contributed by atoms with Crippen LogP contribution in [0.4, 0.5) is 0 Å². The fourth-order valence-electron chi connectivity index (χ4n) is 3.28. The number of hydrogen-bond acceptors (Lipinski definition) is 4. The molecule has 0 atom stereocenters. The Morgan fingerprint density at radius 3 is 2.38 bits per heavy atom. The summed E-state index contributed by atoms with van der Waals surface area (Å²) in [4.78, 5) is 0. The number of aryl methyl sites for hydroxylation is 1. The topological polar surface area (TPSA) is 52.6 Å². The van der Waals surface area contributed by atoms with Crippen LogP contribution in [0.25, 0.3) is 0 Å². The Hall–Kier alpha value is -1.07. The molecule has 0 radical (unpaired) electrons. The van der Waals surface area contributed by atoms with E-state index in [2.05, 4.69) is 0 Å². The van der Waals surface area contributed by atoms with Crippen molar-refractivity contribution in [3.05, 3.63) is 29.8 Å². The van der Waals surface area contributed by atoms with Crippen LogP contribution in [0.2, 0.25) is 0 Å². The molecule has 1 aromatic carbocycles. The Labute approximate surface area is 146 Å². The van der Waals surface area contributed by atoms with Gasteiger partial charge < -0.3 is 4.74 Å². The van der Waals surface area contributed by atoms with Crippen LogP contribution in [0, 0.1) is 5.92 Å². The summed E-state index contributed by atoms with van der Waals surface area (Å²) in [5.41, 5.74) is 1.17. The van der Waals surface area contributed by atoms with Crippen molar-refractivity contribution in [3.63, 3.8) is 0 Å². The summed E-state index contributed by atoms with van der Waals surface area (Å²) >= 11 is 0. The van der Waals surface area contributed by atoms with Crippen LogP contribution >= 0.6 is 0 Å². The molecule has 0 spiro atoms. The van der Waals surface area contributed by atoms with Gasteiger partial charge in [0.2, 0.25) is 0 Å². The average molecular weight is 355 g/mol. The Morgan fingerprint density at radius 2 is 1.71 bits per heavy atom. The Balaban J connectivity index is 1.59. The average Bonchev–Trinajstić information content (AvgIpc) is 2.57. The van der Waals surface area contributed by atoms with E-state index in [0.717, 1.165) is 37.4 Å². The maximum atomic E-state index is 10.9. The second kappa shape index (κ2) is 10.0. The van der Waals surface area contributed by atoms with E-state index >= 15 is 0 Å². The number of rotatable bonds is 10. The van der Waals surface area contributed by atoms with Crippen molar-refractivity contribution in [2.45, 2.75) is 57.8 Å². The van der Waals surface area contributed by atoms with Gasteiger partial charge in [-0.05, 0) is 49.3 Å². The van der Waals surface area contributed by atoms with Crippen molar-refractivity contribution in [3.8, 4) is 5.75 Å². The standard InChI is InChI=1S/C19H30O4S/c1-24(20,21)23-16-6-10-18-11-13-19(14-12-18)22-15-5-9-17-7-3-2-4-8-17/h11-14,17H,2-10,15-16H2,1H3. The van der Waals surface area contributed by atoms with Gasteiger partial charge in [0.05, 0.1) is 19.5 Å². The highest BCUT2D eigenvalue weighted by Crippen LogP contribution is 2.27. The third-order valence-electron chi connectivity index (χ3n) is 4.58. The molecule has 136 valence electrons. The lowest BCUT2D eigenvalue weighted by atomic mass is 9.86. The lowest BCUT2D eigenvalue weighted by molar-refractivity contribution is 0.269. The van der Waals surface area contributed by atoms with Crippen LogP contribution < -0.4 is 4.74 Å². The molecular formula is C19H30O4S. The highest BCUT2D eigenvalue weighted by molar-refractivity contribution is 7.85. The SMILES string of the molecule is CS(=O)(=O)OCCCc1ccc(OCCCC2CCCCC2)cc1. The van der Waals surface area contributed by atoms with E-state index < -0.39 is 10.1 Å². The minimum Gasteiger partial charge on any atom is -0.494 e. The lowest BCUT2D eigenvalue weighted by Gasteiger charge is -2.21. The zero-order valence-corrected chi connectivity index (χ0v) is 15.5. The van der Waals surface area contributed by atoms with Gasteiger partial charge in [0.1, 0.15) is 5.75 Å². The first-order chi connectivity index (χ1) is 11.5. The zero-order valence-electron chi connectivity index (χ0n) is 14.7. The Bertz CT molecular complexity index is 560. The van der Waals surface area contributed by atoms with Crippen LogP contribution in [0.15, 0.2) is 24.3 Å². The van der Waals surface area contributed by atoms with E-state index in [9.17, 15) is 8.42 Å². The fraction of sp³-hybridized carbons (Fsp3) is 0.684. The van der Waals surface area contributed by atoms with Crippen molar-refractivity contribution < 1.29 is 17.3 Å². The molecule has 0 N–H and O–H groups in total. The van der Waals surface area contributed by atoms with Crippen molar-refractivity contribution in [1.29, 1.82) is 0 Å². The fourth-order valence-corrected chi connectivity index (χ4v) is 3.70. The summed E-state index contributed by atoms with van der Waals surface area (Å²) < 4.78 is 32.3. The van der Waals surface area contributed by atoms with Gasteiger partial charge in [0, 0.05) is 0 Å². The Morgan fingerprint density at radius 1 is 1.00 bits per heavy atom. The number of hydrogen-bond donors (Lipinski definition) is 0. The minimum atomic E-state index is -3.33. The van der Waals surface area contributed by atoms with Crippen LogP contribution in [-0.2, 0) is 20.7 Å². The second-order valence-corrected chi connectivity index (χ2v) is 8.41. The van der Waals surface area contributed by atoms with Crippen molar-refractivity contribution in [2.24, 2.45) is 5.92 Å². The summed E-state index contributed by atoms with van der Waals surface area (Å²) in [7, 11) is -3.33. The molecule has 0 amide bonds. The molecule has 5 heteroatoms. The zero-order chi connectivity index (χ0) is 17.3. The first-order valence-electron chi connectivity index (χ1n) is 9.09. The molecule has 1 saturated carbocycles. The molecule has 0 aromatic heterocycles. The van der Waals surface area contributed by atoms with E-state index in [1.54, 1.807) is 0 Å². The summed E-state index contributed by atoms with van der Waals surface area (Å²) in [5.74, 6) is 1.83. The number of benzene rings is 1. The Kier molecular flexibility index (Phi) is 8.06. The third-order valence-corrected chi connectivity index (χ3v) is 5.18. The number of ether oxygens (including phenoxy) is 1. The van der Waals surface area contributed by atoms with Gasteiger partial charge in [0.15, 0.2) is 0 Å². The first kappa shape index (κ1) is 19.3. The van der Waals surface area contributed by atoms with E-state index in [4.69, 9.17) is 8.92 Å². The molecule has 0 bridgehead atoms. The van der Waals surface area contributed by atoms with E-state index in [1.807, 2.05) is 24.3 Å². The molecular weight excluding hydrogens is 324 g/mol. The van der Waals surface area contributed by atoms with Gasteiger partial charge in [-0.2, -0.15) is 8.42 Å². The van der Waals surface area contributed by atoms with Gasteiger partial charge in [0.25, 0.3) is 10.1 Å². The van der Waals surface area contributed by atoms with Crippen LogP contribution in [0.1, 0.15) is 56.9 Å². The van der Waals surface area contributed by atoms with Crippen molar-refractivity contribution >= 4 is 10.1 Å². The summed E-state index contributed by atoms with van der Waals surface area (Å²) in [6, 6.07) is 8.06. The predicted molar refractivity (Wildman–Crippen MR) is 96.9 cm³/mol. The largest absolute Gasteiger partial charge is 0.494 e. The smallest absolute Gasteiger partial charge is 0.264 e. The second-order valence-electron chi connectivity index (χ2n) is 6.77. The molecule has 4 nitrogen and oxygen atoms in total. The lowest BCUT2D eigenvalue weighted by Crippen LogP contribution is -2.08. The highest BCUT2D eigenvalue weighted by Gasteiger charge is 2.12. The van der Waals surface area contributed by atoms with Gasteiger partial charge in [-0.3, -0.25) is 4.18 Å². The summed E-state index contributed by atoms with van der Waals surface area (Å²) in [6.07, 6.45) is 12.0. The predicted octanol–water partition coefficient (Wildman–Crippen LogP) is 4.33. The maximum absolute atomic E-state index is 10.9. The van der Waals surface area contributed by atoms with Crippen LogP contribution in [-0.4, -0.2) is 27.9 Å². The van der Waals surface area contributed by atoms with Crippen LogP contribution in [0.3, 0.4) is 0 Å². The molecule has 1 aliphatic rings. The molecule has 1 aromatic rings. The molecule has 0 heterocycles. The minimum absolute atomic E-state index is 0.234. The molecule has 0 aliphatic heterocycles. The monoisotopic (exact) mass is 354 g/mol. The van der Waals surface area contributed by atoms with Crippen molar-refractivity contribution in [1.82, 2.24) is 0 Å². The van der Waals surface area contributed by atoms with Gasteiger partial charge >= 0.3 is 0 Å². The molecule has 0 saturated heterocycles. The van der Waals surface area contributed by atoms with E-state index in [1.165, 1.54) is 44.1 Å². The van der Waals surface area contributed by atoms with Gasteiger partial charge in [-0.1, -0.05) is 44.2 Å². The molecule has 1 aliphatic carbocycles. The van der Waals surface area contributed by atoms with Crippen LogP contribution in [0.5, 0.6) is 5.75 Å². The van der Waals surface area contributed by atoms with Gasteiger partial charge in [-0.15, -0.1) is 0 Å².